The van der Waals surface area contributed by atoms with E-state index >= 15 is 0 Å². The number of hydrogen-bond acceptors (Lipinski definition) is 2. The van der Waals surface area contributed by atoms with E-state index in [1.54, 1.807) is 0 Å². The van der Waals surface area contributed by atoms with Crippen molar-refractivity contribution in [3.63, 3.8) is 0 Å². The molecule has 5 rings (SSSR count). The molecule has 3 aliphatic rings. The van der Waals surface area contributed by atoms with Crippen LogP contribution in [0.25, 0.3) is 0 Å². The van der Waals surface area contributed by atoms with Crippen LogP contribution in [0.2, 0.25) is 0 Å². The van der Waals surface area contributed by atoms with Gasteiger partial charge in [-0.2, -0.15) is 0 Å². The lowest BCUT2D eigenvalue weighted by atomic mass is 9.85. The normalized spacial score (nSPS) is 29.1. The van der Waals surface area contributed by atoms with E-state index < -0.39 is 5.72 Å². The van der Waals surface area contributed by atoms with E-state index in [1.807, 2.05) is 35.2 Å². The number of carbonyl (C=O) groups excluding carboxylic acids is 1. The highest BCUT2D eigenvalue weighted by Gasteiger charge is 2.61. The summed E-state index contributed by atoms with van der Waals surface area (Å²) in [6, 6.07) is 16.3. The number of carbonyl (C=O) groups is 1. The minimum absolute atomic E-state index is 0.109. The van der Waals surface area contributed by atoms with Gasteiger partial charge in [0.15, 0.2) is 5.72 Å². The lowest BCUT2D eigenvalue weighted by Gasteiger charge is -2.39. The number of nitrogens with zero attached hydrogens (tertiary/aromatic N) is 1. The fourth-order valence-electron chi connectivity index (χ4n) is 4.01. The first kappa shape index (κ1) is 10.6. The smallest absolute Gasteiger partial charge is 0.257 e. The van der Waals surface area contributed by atoms with Crippen LogP contribution in [0.15, 0.2) is 48.5 Å². The van der Waals surface area contributed by atoms with Gasteiger partial charge in [0, 0.05) is 16.7 Å². The standard InChI is InChI=1S/C17H13NO2/c19-16-13-6-2-4-8-15(13)17-14-7-3-1-5-11(14)9-12(10-20-17)18(16)17/h1-8,12H,9-10H2/t12-,17?/m0/s1. The van der Waals surface area contributed by atoms with Gasteiger partial charge in [0.25, 0.3) is 5.91 Å². The van der Waals surface area contributed by atoms with Gasteiger partial charge >= 0.3 is 0 Å². The van der Waals surface area contributed by atoms with E-state index in [9.17, 15) is 4.79 Å². The first-order valence-electron chi connectivity index (χ1n) is 6.98. The molecule has 3 heterocycles. The number of amides is 1. The van der Waals surface area contributed by atoms with E-state index in [0.717, 1.165) is 23.1 Å². The van der Waals surface area contributed by atoms with E-state index in [1.165, 1.54) is 5.56 Å². The lowest BCUT2D eigenvalue weighted by Crippen LogP contribution is -2.49. The van der Waals surface area contributed by atoms with Crippen molar-refractivity contribution in [3.8, 4) is 0 Å². The fourth-order valence-corrected chi connectivity index (χ4v) is 4.01. The average molecular weight is 263 g/mol. The molecule has 0 aromatic heterocycles. The third-order valence-corrected chi connectivity index (χ3v) is 4.77. The Morgan fingerprint density at radius 1 is 1.05 bits per heavy atom. The summed E-state index contributed by atoms with van der Waals surface area (Å²) in [6.07, 6.45) is 0.887. The number of hydrogen-bond donors (Lipinski definition) is 0. The van der Waals surface area contributed by atoms with Crippen molar-refractivity contribution in [1.82, 2.24) is 4.90 Å². The largest absolute Gasteiger partial charge is 0.345 e. The van der Waals surface area contributed by atoms with Crippen LogP contribution in [-0.2, 0) is 16.9 Å². The minimum atomic E-state index is -0.673. The van der Waals surface area contributed by atoms with Gasteiger partial charge in [-0.1, -0.05) is 42.5 Å². The molecule has 3 heteroatoms. The summed E-state index contributed by atoms with van der Waals surface area (Å²) in [7, 11) is 0. The highest BCUT2D eigenvalue weighted by Crippen LogP contribution is 2.53. The summed E-state index contributed by atoms with van der Waals surface area (Å²) in [4.78, 5) is 14.7. The van der Waals surface area contributed by atoms with E-state index in [-0.39, 0.29) is 11.9 Å². The maximum atomic E-state index is 12.7. The van der Waals surface area contributed by atoms with Gasteiger partial charge in [0.2, 0.25) is 0 Å². The Morgan fingerprint density at radius 3 is 2.70 bits per heavy atom. The van der Waals surface area contributed by atoms with E-state index in [0.29, 0.717) is 6.61 Å². The molecule has 2 atom stereocenters. The van der Waals surface area contributed by atoms with Crippen molar-refractivity contribution >= 4 is 5.91 Å². The molecule has 0 saturated carbocycles. The molecule has 98 valence electrons. The highest BCUT2D eigenvalue weighted by atomic mass is 16.5. The summed E-state index contributed by atoms with van der Waals surface area (Å²) in [5, 5.41) is 0. The molecular weight excluding hydrogens is 250 g/mol. The molecule has 2 bridgehead atoms. The summed E-state index contributed by atoms with van der Waals surface area (Å²) in [5.41, 5.74) is 3.55. The van der Waals surface area contributed by atoms with Gasteiger partial charge in [0.1, 0.15) is 0 Å². The fraction of sp³-hybridized carbons (Fsp3) is 0.235. The second kappa shape index (κ2) is 3.30. The Kier molecular flexibility index (Phi) is 1.76. The maximum Gasteiger partial charge on any atom is 0.257 e. The molecule has 2 aromatic carbocycles. The third kappa shape index (κ3) is 0.979. The lowest BCUT2D eigenvalue weighted by molar-refractivity contribution is -0.0357. The Morgan fingerprint density at radius 2 is 1.80 bits per heavy atom. The van der Waals surface area contributed by atoms with Crippen molar-refractivity contribution < 1.29 is 9.53 Å². The number of fused-ring (bicyclic) bond motifs is 2. The van der Waals surface area contributed by atoms with Crippen molar-refractivity contribution in [2.24, 2.45) is 0 Å². The number of rotatable bonds is 0. The molecule has 0 aliphatic carbocycles. The predicted octanol–water partition coefficient (Wildman–Crippen LogP) is 2.30. The maximum absolute atomic E-state index is 12.7. The van der Waals surface area contributed by atoms with Crippen LogP contribution in [0.4, 0.5) is 0 Å². The van der Waals surface area contributed by atoms with E-state index in [4.69, 9.17) is 4.74 Å². The number of ether oxygens (including phenoxy) is 1. The van der Waals surface area contributed by atoms with Gasteiger partial charge in [-0.15, -0.1) is 0 Å². The SMILES string of the molecule is O=C1c2ccccc2C23OC[C@H](Cc4ccccc42)N13. The van der Waals surface area contributed by atoms with Crippen molar-refractivity contribution in [3.05, 3.63) is 70.8 Å². The van der Waals surface area contributed by atoms with Gasteiger partial charge in [-0.3, -0.25) is 9.69 Å². The molecule has 0 radical (unpaired) electrons. The van der Waals surface area contributed by atoms with Crippen molar-refractivity contribution in [2.75, 3.05) is 6.61 Å². The molecular formula is C17H13NO2. The van der Waals surface area contributed by atoms with Gasteiger partial charge in [0.05, 0.1) is 12.6 Å². The molecule has 1 unspecified atom stereocenters. The Hall–Kier alpha value is -2.13. The zero-order valence-electron chi connectivity index (χ0n) is 10.9. The number of benzene rings is 2. The Bertz CT molecular complexity index is 754. The van der Waals surface area contributed by atoms with Crippen LogP contribution < -0.4 is 0 Å². The second-order valence-corrected chi connectivity index (χ2v) is 5.69. The molecule has 0 spiro atoms. The summed E-state index contributed by atoms with van der Waals surface area (Å²) < 4.78 is 6.22. The van der Waals surface area contributed by atoms with Gasteiger partial charge in [-0.05, 0) is 18.1 Å². The monoisotopic (exact) mass is 263 g/mol. The molecule has 2 aromatic rings. The summed E-state index contributed by atoms with van der Waals surface area (Å²) in [6.45, 7) is 0.620. The average Bonchev–Trinajstić information content (AvgIpc) is 2.92. The van der Waals surface area contributed by atoms with Crippen LogP contribution in [0.1, 0.15) is 27.0 Å². The first-order valence-corrected chi connectivity index (χ1v) is 6.98. The molecule has 1 fully saturated rings. The third-order valence-electron chi connectivity index (χ3n) is 4.77. The second-order valence-electron chi connectivity index (χ2n) is 5.69. The van der Waals surface area contributed by atoms with Crippen molar-refractivity contribution in [2.45, 2.75) is 18.2 Å². The topological polar surface area (TPSA) is 29.5 Å². The first-order chi connectivity index (χ1) is 9.82. The van der Waals surface area contributed by atoms with Gasteiger partial charge < -0.3 is 4.74 Å². The Labute approximate surface area is 116 Å². The molecule has 3 nitrogen and oxygen atoms in total. The van der Waals surface area contributed by atoms with Gasteiger partial charge in [-0.25, -0.2) is 0 Å². The Balaban J connectivity index is 1.90. The molecule has 1 saturated heterocycles. The summed E-state index contributed by atoms with van der Waals surface area (Å²) >= 11 is 0. The summed E-state index contributed by atoms with van der Waals surface area (Å²) in [5.74, 6) is 0.109. The van der Waals surface area contributed by atoms with Crippen LogP contribution in [0, 0.1) is 0 Å². The van der Waals surface area contributed by atoms with Crippen LogP contribution in [-0.4, -0.2) is 23.5 Å². The van der Waals surface area contributed by atoms with Crippen LogP contribution in [0.3, 0.4) is 0 Å². The molecule has 3 aliphatic heterocycles. The quantitative estimate of drug-likeness (QED) is 0.730. The molecule has 0 N–H and O–H groups in total. The predicted molar refractivity (Wildman–Crippen MR) is 73.3 cm³/mol. The van der Waals surface area contributed by atoms with Crippen LogP contribution >= 0.6 is 0 Å². The minimum Gasteiger partial charge on any atom is -0.345 e. The highest BCUT2D eigenvalue weighted by molar-refractivity contribution is 6.01. The zero-order valence-corrected chi connectivity index (χ0v) is 10.9. The molecule has 1 amide bonds. The molecule has 20 heavy (non-hydrogen) atoms. The van der Waals surface area contributed by atoms with Crippen LogP contribution in [0.5, 0.6) is 0 Å². The van der Waals surface area contributed by atoms with E-state index in [2.05, 4.69) is 18.2 Å². The van der Waals surface area contributed by atoms with Crippen molar-refractivity contribution in [1.29, 1.82) is 0 Å². The zero-order chi connectivity index (χ0) is 13.3.